The highest BCUT2D eigenvalue weighted by molar-refractivity contribution is 5.76. The van der Waals surface area contributed by atoms with Crippen molar-refractivity contribution in [3.8, 4) is 0 Å². The molecule has 0 aliphatic rings. The zero-order chi connectivity index (χ0) is 14.1. The smallest absolute Gasteiger partial charge is 0.222 e. The van der Waals surface area contributed by atoms with Gasteiger partial charge in [-0.2, -0.15) is 0 Å². The van der Waals surface area contributed by atoms with Gasteiger partial charge in [0.25, 0.3) is 0 Å². The minimum atomic E-state index is 0.190. The van der Waals surface area contributed by atoms with Crippen LogP contribution in [-0.4, -0.2) is 31.1 Å². The average Bonchev–Trinajstić information content (AvgIpc) is 2.41. The molecule has 0 bridgehead atoms. The average molecular weight is 264 g/mol. The molecule has 0 saturated heterocycles. The fourth-order valence-electron chi connectivity index (χ4n) is 1.93. The number of carbonyl (C=O) groups excluding carboxylic acids is 1. The molecule has 0 fully saturated rings. The maximum absolute atomic E-state index is 12.1. The number of benzene rings is 1. The minimum absolute atomic E-state index is 0.190. The van der Waals surface area contributed by atoms with Gasteiger partial charge in [-0.1, -0.05) is 19.1 Å². The SMILES string of the molecule is CCCN(Cc1ccc(N)cc1)C(=O)CCCOC. The number of amides is 1. The maximum Gasteiger partial charge on any atom is 0.222 e. The van der Waals surface area contributed by atoms with Crippen LogP contribution in [0.1, 0.15) is 31.7 Å². The first-order chi connectivity index (χ1) is 9.17. The van der Waals surface area contributed by atoms with E-state index in [9.17, 15) is 4.79 Å². The lowest BCUT2D eigenvalue weighted by atomic mass is 10.1. The zero-order valence-corrected chi connectivity index (χ0v) is 11.9. The summed E-state index contributed by atoms with van der Waals surface area (Å²) in [7, 11) is 1.66. The van der Waals surface area contributed by atoms with Crippen molar-refractivity contribution in [2.45, 2.75) is 32.7 Å². The van der Waals surface area contributed by atoms with E-state index in [1.165, 1.54) is 0 Å². The van der Waals surface area contributed by atoms with Crippen LogP contribution in [0.4, 0.5) is 5.69 Å². The third-order valence-electron chi connectivity index (χ3n) is 2.94. The molecule has 1 aromatic carbocycles. The Hall–Kier alpha value is -1.55. The lowest BCUT2D eigenvalue weighted by Gasteiger charge is -2.22. The van der Waals surface area contributed by atoms with Crippen molar-refractivity contribution in [2.75, 3.05) is 26.0 Å². The fourth-order valence-corrected chi connectivity index (χ4v) is 1.93. The summed E-state index contributed by atoms with van der Waals surface area (Å²) in [6, 6.07) is 7.69. The molecule has 0 spiro atoms. The molecular formula is C15H24N2O2. The third-order valence-corrected chi connectivity index (χ3v) is 2.94. The van der Waals surface area contributed by atoms with Crippen molar-refractivity contribution >= 4 is 11.6 Å². The summed E-state index contributed by atoms with van der Waals surface area (Å²) in [4.78, 5) is 14.0. The van der Waals surface area contributed by atoms with Gasteiger partial charge in [0.1, 0.15) is 0 Å². The van der Waals surface area contributed by atoms with E-state index < -0.39 is 0 Å². The molecule has 0 heterocycles. The van der Waals surface area contributed by atoms with E-state index in [4.69, 9.17) is 10.5 Å². The maximum atomic E-state index is 12.1. The number of ether oxygens (including phenoxy) is 1. The van der Waals surface area contributed by atoms with E-state index in [0.717, 1.165) is 30.6 Å². The minimum Gasteiger partial charge on any atom is -0.399 e. The molecule has 0 radical (unpaired) electrons. The number of hydrogen-bond donors (Lipinski definition) is 1. The van der Waals surface area contributed by atoms with Gasteiger partial charge in [0, 0.05) is 38.9 Å². The molecular weight excluding hydrogens is 240 g/mol. The van der Waals surface area contributed by atoms with Gasteiger partial charge in [0.05, 0.1) is 0 Å². The molecule has 0 saturated carbocycles. The number of hydrogen-bond acceptors (Lipinski definition) is 3. The van der Waals surface area contributed by atoms with Crippen LogP contribution in [0.25, 0.3) is 0 Å². The second-order valence-corrected chi connectivity index (χ2v) is 4.65. The standard InChI is InChI=1S/C15H24N2O2/c1-3-10-17(15(18)5-4-11-19-2)12-13-6-8-14(16)9-7-13/h6-9H,3-5,10-12,16H2,1-2H3. The van der Waals surface area contributed by atoms with Crippen molar-refractivity contribution < 1.29 is 9.53 Å². The van der Waals surface area contributed by atoms with Gasteiger partial charge < -0.3 is 15.4 Å². The number of anilines is 1. The summed E-state index contributed by atoms with van der Waals surface area (Å²) in [5.74, 6) is 0.190. The van der Waals surface area contributed by atoms with Crippen molar-refractivity contribution in [3.63, 3.8) is 0 Å². The van der Waals surface area contributed by atoms with Crippen LogP contribution >= 0.6 is 0 Å². The Bertz CT molecular complexity index is 376. The third kappa shape index (κ3) is 5.75. The van der Waals surface area contributed by atoms with Crippen LogP contribution in [-0.2, 0) is 16.1 Å². The molecule has 106 valence electrons. The predicted octanol–water partition coefficient (Wildman–Crippen LogP) is 2.43. The molecule has 4 nitrogen and oxygen atoms in total. The second-order valence-electron chi connectivity index (χ2n) is 4.65. The predicted molar refractivity (Wildman–Crippen MR) is 77.7 cm³/mol. The highest BCUT2D eigenvalue weighted by Crippen LogP contribution is 2.10. The molecule has 19 heavy (non-hydrogen) atoms. The van der Waals surface area contributed by atoms with Gasteiger partial charge in [-0.15, -0.1) is 0 Å². The highest BCUT2D eigenvalue weighted by Gasteiger charge is 2.12. The van der Waals surface area contributed by atoms with Crippen LogP contribution in [0.3, 0.4) is 0 Å². The lowest BCUT2D eigenvalue weighted by molar-refractivity contribution is -0.132. The van der Waals surface area contributed by atoms with Crippen LogP contribution in [0, 0.1) is 0 Å². The molecule has 4 heteroatoms. The summed E-state index contributed by atoms with van der Waals surface area (Å²) in [6.45, 7) is 4.15. The van der Waals surface area contributed by atoms with Crippen LogP contribution in [0.2, 0.25) is 0 Å². The van der Waals surface area contributed by atoms with Crippen LogP contribution in [0.15, 0.2) is 24.3 Å². The fraction of sp³-hybridized carbons (Fsp3) is 0.533. The molecule has 2 N–H and O–H groups in total. The number of methoxy groups -OCH3 is 1. The first kappa shape index (κ1) is 15.5. The first-order valence-electron chi connectivity index (χ1n) is 6.78. The summed E-state index contributed by atoms with van der Waals surface area (Å²) in [5, 5.41) is 0. The van der Waals surface area contributed by atoms with Gasteiger partial charge in [0.15, 0.2) is 0 Å². The molecule has 1 amide bonds. The van der Waals surface area contributed by atoms with E-state index in [1.54, 1.807) is 7.11 Å². The lowest BCUT2D eigenvalue weighted by Crippen LogP contribution is -2.31. The Morgan fingerprint density at radius 1 is 1.32 bits per heavy atom. The van der Waals surface area contributed by atoms with Gasteiger partial charge in [-0.05, 0) is 30.5 Å². The molecule has 1 rings (SSSR count). The molecule has 0 aliphatic carbocycles. The molecule has 0 aromatic heterocycles. The summed E-state index contributed by atoms with van der Waals surface area (Å²) < 4.78 is 4.98. The van der Waals surface area contributed by atoms with Gasteiger partial charge >= 0.3 is 0 Å². The molecule has 0 unspecified atom stereocenters. The van der Waals surface area contributed by atoms with Crippen LogP contribution < -0.4 is 5.73 Å². The highest BCUT2D eigenvalue weighted by atomic mass is 16.5. The second kappa shape index (κ2) is 8.53. The normalized spacial score (nSPS) is 10.4. The number of carbonyl (C=O) groups is 1. The van der Waals surface area contributed by atoms with E-state index in [1.807, 2.05) is 29.2 Å². The number of nitrogen functional groups attached to an aromatic ring is 1. The number of nitrogens with two attached hydrogens (primary N) is 1. The Labute approximate surface area is 115 Å². The topological polar surface area (TPSA) is 55.6 Å². The summed E-state index contributed by atoms with van der Waals surface area (Å²) in [6.07, 6.45) is 2.28. The Kier molecular flexibility index (Phi) is 6.97. The van der Waals surface area contributed by atoms with Crippen molar-refractivity contribution in [3.05, 3.63) is 29.8 Å². The van der Waals surface area contributed by atoms with Gasteiger partial charge in [0.2, 0.25) is 5.91 Å². The largest absolute Gasteiger partial charge is 0.399 e. The van der Waals surface area contributed by atoms with Gasteiger partial charge in [-0.3, -0.25) is 4.79 Å². The van der Waals surface area contributed by atoms with E-state index in [0.29, 0.717) is 19.6 Å². The van der Waals surface area contributed by atoms with Crippen molar-refractivity contribution in [1.82, 2.24) is 4.90 Å². The number of nitrogens with zero attached hydrogens (tertiary/aromatic N) is 1. The van der Waals surface area contributed by atoms with Crippen LogP contribution in [0.5, 0.6) is 0 Å². The van der Waals surface area contributed by atoms with E-state index in [2.05, 4.69) is 6.92 Å². The zero-order valence-electron chi connectivity index (χ0n) is 11.9. The Morgan fingerprint density at radius 3 is 2.58 bits per heavy atom. The Morgan fingerprint density at radius 2 is 2.00 bits per heavy atom. The van der Waals surface area contributed by atoms with E-state index >= 15 is 0 Å². The number of rotatable bonds is 8. The molecule has 0 atom stereocenters. The monoisotopic (exact) mass is 264 g/mol. The van der Waals surface area contributed by atoms with Crippen molar-refractivity contribution in [1.29, 1.82) is 0 Å². The van der Waals surface area contributed by atoms with E-state index in [-0.39, 0.29) is 5.91 Å². The van der Waals surface area contributed by atoms with Gasteiger partial charge in [-0.25, -0.2) is 0 Å². The molecule has 0 aliphatic heterocycles. The van der Waals surface area contributed by atoms with Crippen molar-refractivity contribution in [2.24, 2.45) is 0 Å². The summed E-state index contributed by atoms with van der Waals surface area (Å²) in [5.41, 5.74) is 7.52. The quantitative estimate of drug-likeness (QED) is 0.579. The Balaban J connectivity index is 2.56. The first-order valence-corrected chi connectivity index (χ1v) is 6.78. The molecule has 1 aromatic rings. The summed E-state index contributed by atoms with van der Waals surface area (Å²) >= 11 is 0.